The van der Waals surface area contributed by atoms with E-state index in [0.717, 1.165) is 4.88 Å². The predicted molar refractivity (Wildman–Crippen MR) is 102 cm³/mol. The number of halogens is 1. The Bertz CT molecular complexity index is 909. The van der Waals surface area contributed by atoms with Gasteiger partial charge in [-0.15, -0.1) is 22.7 Å². The number of ether oxygens (including phenoxy) is 1. The molecule has 0 radical (unpaired) electrons. The summed E-state index contributed by atoms with van der Waals surface area (Å²) in [5, 5.41) is 41.5. The van der Waals surface area contributed by atoms with E-state index < -0.39 is 37.1 Å². The maximum absolute atomic E-state index is 14.4. The summed E-state index contributed by atoms with van der Waals surface area (Å²) < 4.78 is 22.3. The molecule has 0 bridgehead atoms. The highest BCUT2D eigenvalue weighted by Gasteiger charge is 2.44. The smallest absolute Gasteiger partial charge is 0.126 e. The Morgan fingerprint density at radius 1 is 1.00 bits per heavy atom. The van der Waals surface area contributed by atoms with Crippen molar-refractivity contribution in [3.8, 4) is 0 Å². The van der Waals surface area contributed by atoms with Gasteiger partial charge in [-0.25, -0.2) is 4.39 Å². The molecule has 8 heteroatoms. The Labute approximate surface area is 162 Å². The molecule has 4 N–H and O–H groups in total. The Kier molecular flexibility index (Phi) is 5.30. The lowest BCUT2D eigenvalue weighted by molar-refractivity contribution is -0.231. The van der Waals surface area contributed by atoms with Crippen LogP contribution in [0.25, 0.3) is 9.40 Å². The van der Waals surface area contributed by atoms with Gasteiger partial charge in [0.05, 0.1) is 6.61 Å². The molecular weight excluding hydrogens is 391 g/mol. The topological polar surface area (TPSA) is 90.2 Å². The van der Waals surface area contributed by atoms with Gasteiger partial charge in [-0.05, 0) is 40.8 Å². The fourth-order valence-electron chi connectivity index (χ4n) is 3.37. The number of hydrogen-bond donors (Lipinski definition) is 4. The van der Waals surface area contributed by atoms with Gasteiger partial charge < -0.3 is 25.2 Å². The maximum Gasteiger partial charge on any atom is 0.126 e. The molecule has 0 spiro atoms. The number of hydrogen-bond acceptors (Lipinski definition) is 7. The van der Waals surface area contributed by atoms with Crippen LogP contribution < -0.4 is 0 Å². The molecule has 4 rings (SSSR count). The molecule has 1 aliphatic heterocycles. The maximum atomic E-state index is 14.4. The summed E-state index contributed by atoms with van der Waals surface area (Å²) >= 11 is 3.25. The number of rotatable bonds is 4. The van der Waals surface area contributed by atoms with Gasteiger partial charge in [0.25, 0.3) is 0 Å². The third-order valence-corrected chi connectivity index (χ3v) is 6.94. The highest BCUT2D eigenvalue weighted by atomic mass is 32.1. The molecule has 1 fully saturated rings. The molecule has 1 aliphatic rings. The second-order valence-electron chi connectivity index (χ2n) is 6.64. The van der Waals surface area contributed by atoms with Crippen molar-refractivity contribution < 1.29 is 29.6 Å². The predicted octanol–water partition coefficient (Wildman–Crippen LogP) is 2.21. The lowest BCUT2D eigenvalue weighted by atomic mass is 9.90. The van der Waals surface area contributed by atoms with E-state index in [-0.39, 0.29) is 5.82 Å². The van der Waals surface area contributed by atoms with Crippen molar-refractivity contribution in [1.82, 2.24) is 0 Å². The van der Waals surface area contributed by atoms with Crippen molar-refractivity contribution in [2.24, 2.45) is 0 Å². The summed E-state index contributed by atoms with van der Waals surface area (Å²) in [5.41, 5.74) is 0.944. The molecule has 0 amide bonds. The molecule has 3 heterocycles. The molecule has 3 aromatic rings. The highest BCUT2D eigenvalue weighted by molar-refractivity contribution is 7.26. The van der Waals surface area contributed by atoms with Crippen LogP contribution in [0.15, 0.2) is 35.7 Å². The molecule has 1 saturated heterocycles. The molecule has 1 aromatic carbocycles. The number of thiophene rings is 2. The van der Waals surface area contributed by atoms with Crippen molar-refractivity contribution in [2.45, 2.75) is 36.9 Å². The van der Waals surface area contributed by atoms with Crippen molar-refractivity contribution >= 4 is 32.1 Å². The summed E-state index contributed by atoms with van der Waals surface area (Å²) in [5.74, 6) is -0.361. The zero-order valence-electron chi connectivity index (χ0n) is 14.2. The number of benzene rings is 1. The van der Waals surface area contributed by atoms with Gasteiger partial charge in [-0.1, -0.05) is 6.07 Å². The molecule has 2 aromatic heterocycles. The molecule has 27 heavy (non-hydrogen) atoms. The fourth-order valence-corrected chi connectivity index (χ4v) is 5.53. The van der Waals surface area contributed by atoms with Crippen LogP contribution in [0.4, 0.5) is 4.39 Å². The third-order valence-electron chi connectivity index (χ3n) is 4.85. The monoisotopic (exact) mass is 410 g/mol. The van der Waals surface area contributed by atoms with Crippen LogP contribution in [0.1, 0.15) is 22.1 Å². The molecule has 144 valence electrons. The molecule has 0 saturated carbocycles. The van der Waals surface area contributed by atoms with Crippen molar-refractivity contribution in [3.63, 3.8) is 0 Å². The molecule has 5 atom stereocenters. The van der Waals surface area contributed by atoms with Gasteiger partial charge in [0.1, 0.15) is 36.3 Å². The van der Waals surface area contributed by atoms with Gasteiger partial charge in [0.15, 0.2) is 0 Å². The zero-order valence-corrected chi connectivity index (χ0v) is 15.8. The van der Waals surface area contributed by atoms with Crippen LogP contribution in [-0.4, -0.2) is 51.4 Å². The molecule has 5 nitrogen and oxygen atoms in total. The van der Waals surface area contributed by atoms with E-state index in [4.69, 9.17) is 4.74 Å². The summed E-state index contributed by atoms with van der Waals surface area (Å²) in [6, 6.07) is 8.48. The van der Waals surface area contributed by atoms with E-state index in [1.54, 1.807) is 28.7 Å². The average Bonchev–Trinajstić information content (AvgIpc) is 3.24. The van der Waals surface area contributed by atoms with Gasteiger partial charge in [-0.2, -0.15) is 0 Å². The number of aliphatic hydroxyl groups is 4. The summed E-state index contributed by atoms with van der Waals surface area (Å²) in [4.78, 5) is 1.03. The summed E-state index contributed by atoms with van der Waals surface area (Å²) in [6.07, 6.45) is -5.81. The van der Waals surface area contributed by atoms with Crippen molar-refractivity contribution in [1.29, 1.82) is 0 Å². The van der Waals surface area contributed by atoms with Crippen molar-refractivity contribution in [2.75, 3.05) is 6.61 Å². The van der Waals surface area contributed by atoms with Gasteiger partial charge in [0, 0.05) is 20.7 Å². The van der Waals surface area contributed by atoms with Gasteiger partial charge >= 0.3 is 0 Å². The van der Waals surface area contributed by atoms with E-state index >= 15 is 0 Å². The standard InChI is InChI=1S/C19H19FO5S2/c20-12-2-1-9(19-18(24)17(23)16(22)13(8-21)25-19)5-10(12)6-11-7-15-14(27-11)3-4-26-15/h1-5,7,13,16-19,21-24H,6,8H2/t13-,16-,17+,18-,19+/m1/s1. The molecule has 0 unspecified atom stereocenters. The third kappa shape index (κ3) is 3.54. The largest absolute Gasteiger partial charge is 0.394 e. The van der Waals surface area contributed by atoms with Crippen LogP contribution in [0.5, 0.6) is 0 Å². The second-order valence-corrected chi connectivity index (χ2v) is 8.75. The Hall–Kier alpha value is -1.39. The minimum atomic E-state index is -1.46. The fraction of sp³-hybridized carbons (Fsp3) is 0.368. The van der Waals surface area contributed by atoms with E-state index in [1.807, 2.05) is 17.5 Å². The summed E-state index contributed by atoms with van der Waals surface area (Å²) in [7, 11) is 0. The Morgan fingerprint density at radius 2 is 1.81 bits per heavy atom. The van der Waals surface area contributed by atoms with Crippen LogP contribution in [-0.2, 0) is 11.2 Å². The quantitative estimate of drug-likeness (QED) is 0.530. The van der Waals surface area contributed by atoms with Crippen LogP contribution in [0.2, 0.25) is 0 Å². The second kappa shape index (κ2) is 7.56. The minimum Gasteiger partial charge on any atom is -0.394 e. The van der Waals surface area contributed by atoms with Gasteiger partial charge in [0.2, 0.25) is 0 Å². The Balaban J connectivity index is 1.62. The van der Waals surface area contributed by atoms with Crippen LogP contribution in [0, 0.1) is 5.82 Å². The first-order valence-corrected chi connectivity index (χ1v) is 10.2. The van der Waals surface area contributed by atoms with E-state index in [2.05, 4.69) is 0 Å². The summed E-state index contributed by atoms with van der Waals surface area (Å²) in [6.45, 7) is -0.499. The molecule has 0 aliphatic carbocycles. The average molecular weight is 410 g/mol. The normalized spacial score (nSPS) is 28.7. The van der Waals surface area contributed by atoms with Crippen LogP contribution >= 0.6 is 22.7 Å². The number of aliphatic hydroxyl groups excluding tert-OH is 4. The van der Waals surface area contributed by atoms with E-state index in [1.165, 1.54) is 21.5 Å². The number of fused-ring (bicyclic) bond motifs is 1. The first-order chi connectivity index (χ1) is 13.0. The first kappa shape index (κ1) is 18.9. The first-order valence-electron chi connectivity index (χ1n) is 8.52. The lowest BCUT2D eigenvalue weighted by Gasteiger charge is -2.40. The van der Waals surface area contributed by atoms with Gasteiger partial charge in [-0.3, -0.25) is 0 Å². The van der Waals surface area contributed by atoms with E-state index in [0.29, 0.717) is 17.5 Å². The highest BCUT2D eigenvalue weighted by Crippen LogP contribution is 2.35. The van der Waals surface area contributed by atoms with E-state index in [9.17, 15) is 24.8 Å². The lowest BCUT2D eigenvalue weighted by Crippen LogP contribution is -2.55. The zero-order chi connectivity index (χ0) is 19.1. The minimum absolute atomic E-state index is 0.361. The molecular formula is C19H19FO5S2. The SMILES string of the molecule is OC[C@H]1O[C@@H](c2ccc(F)c(Cc3cc4sccc4s3)c2)[C@H](O)[C@@H](O)[C@@H]1O. The Morgan fingerprint density at radius 3 is 2.56 bits per heavy atom. The van der Waals surface area contributed by atoms with Crippen LogP contribution in [0.3, 0.4) is 0 Å². The van der Waals surface area contributed by atoms with Crippen molar-refractivity contribution in [3.05, 3.63) is 57.5 Å².